The number of benzene rings is 2. The first-order valence-corrected chi connectivity index (χ1v) is 16.1. The second kappa shape index (κ2) is 20.3. The molecule has 0 saturated carbocycles. The van der Waals surface area contributed by atoms with Crippen LogP contribution in [-0.4, -0.2) is 100 Å². The highest BCUT2D eigenvalue weighted by atomic mass is 17.1. The zero-order valence-corrected chi connectivity index (χ0v) is 27.9. The Labute approximate surface area is 283 Å². The number of carbonyl (C=O) groups excluding carboxylic acids is 3. The standard InChI is InChI=1S/C32H45N7O10/c1-4-5-13-28(40)36(30(23(2)3)32(42)47-19-8-9-20-48-38(43)44)22-24-15-17-25(18-16-24)26-11-6-7-12-27(26)31-33-34-35-37(31)29(41)14-10-21-49-39(45)46/h6-7,11-12,15-18,23,30,43-46H,4-5,8-10,13-14,19-22H2,1-3H3. The van der Waals surface area contributed by atoms with Gasteiger partial charge in [0.2, 0.25) is 11.8 Å². The van der Waals surface area contributed by atoms with E-state index in [4.69, 9.17) is 25.6 Å². The quantitative estimate of drug-likeness (QED) is 0.0531. The van der Waals surface area contributed by atoms with Crippen LogP contribution in [0.15, 0.2) is 48.5 Å². The molecule has 49 heavy (non-hydrogen) atoms. The molecule has 0 aliphatic carbocycles. The number of ether oxygens (including phenoxy) is 1. The molecule has 0 aliphatic heterocycles. The summed E-state index contributed by atoms with van der Waals surface area (Å²) in [4.78, 5) is 50.2. The predicted molar refractivity (Wildman–Crippen MR) is 170 cm³/mol. The van der Waals surface area contributed by atoms with Crippen LogP contribution in [0.1, 0.15) is 76.1 Å². The van der Waals surface area contributed by atoms with Crippen molar-refractivity contribution < 1.29 is 49.6 Å². The number of hydrogen-bond acceptors (Lipinski definition) is 15. The normalized spacial score (nSPS) is 12.1. The molecule has 0 fully saturated rings. The summed E-state index contributed by atoms with van der Waals surface area (Å²) in [6.45, 7) is 5.91. The summed E-state index contributed by atoms with van der Waals surface area (Å²) < 4.78 is 6.63. The van der Waals surface area contributed by atoms with Gasteiger partial charge in [0.05, 0.1) is 30.6 Å². The van der Waals surface area contributed by atoms with Crippen LogP contribution >= 0.6 is 0 Å². The molecule has 0 aliphatic rings. The van der Waals surface area contributed by atoms with Crippen LogP contribution in [0.3, 0.4) is 0 Å². The molecule has 1 amide bonds. The van der Waals surface area contributed by atoms with Gasteiger partial charge in [-0.15, -0.1) is 5.10 Å². The molecule has 0 spiro atoms. The molecule has 4 N–H and O–H groups in total. The van der Waals surface area contributed by atoms with Gasteiger partial charge in [-0.1, -0.05) is 75.7 Å². The van der Waals surface area contributed by atoms with E-state index in [9.17, 15) is 14.4 Å². The minimum atomic E-state index is -0.819. The van der Waals surface area contributed by atoms with E-state index in [0.717, 1.165) is 27.8 Å². The number of tetrazole rings is 1. The molecule has 2 aromatic carbocycles. The fraction of sp³-hybridized carbons (Fsp3) is 0.500. The van der Waals surface area contributed by atoms with Gasteiger partial charge in [-0.2, -0.15) is 4.68 Å². The molecule has 17 heteroatoms. The summed E-state index contributed by atoms with van der Waals surface area (Å²) in [5.41, 5.74) is 2.97. The Morgan fingerprint density at radius 3 is 2.08 bits per heavy atom. The van der Waals surface area contributed by atoms with Crippen molar-refractivity contribution in [3.63, 3.8) is 0 Å². The smallest absolute Gasteiger partial charge is 0.329 e. The lowest BCUT2D eigenvalue weighted by Gasteiger charge is -2.33. The van der Waals surface area contributed by atoms with Crippen molar-refractivity contribution in [1.29, 1.82) is 0 Å². The molecule has 1 aromatic heterocycles. The fourth-order valence-corrected chi connectivity index (χ4v) is 5.10. The van der Waals surface area contributed by atoms with E-state index in [-0.39, 0.29) is 68.7 Å². The van der Waals surface area contributed by atoms with Gasteiger partial charge >= 0.3 is 5.97 Å². The Morgan fingerprint density at radius 2 is 1.45 bits per heavy atom. The number of aromatic nitrogens is 4. The van der Waals surface area contributed by atoms with Crippen LogP contribution < -0.4 is 0 Å². The zero-order chi connectivity index (χ0) is 35.8. The van der Waals surface area contributed by atoms with Gasteiger partial charge in [0, 0.05) is 24.9 Å². The van der Waals surface area contributed by atoms with Crippen molar-refractivity contribution in [2.24, 2.45) is 5.92 Å². The number of hydrogen-bond donors (Lipinski definition) is 4. The Bertz CT molecular complexity index is 1470. The molecule has 1 unspecified atom stereocenters. The van der Waals surface area contributed by atoms with Gasteiger partial charge in [-0.25, -0.2) is 4.79 Å². The molecule has 0 radical (unpaired) electrons. The molecule has 0 bridgehead atoms. The third-order valence-electron chi connectivity index (χ3n) is 7.50. The molecule has 17 nitrogen and oxygen atoms in total. The van der Waals surface area contributed by atoms with E-state index in [1.165, 1.54) is 0 Å². The Morgan fingerprint density at radius 1 is 0.816 bits per heavy atom. The summed E-state index contributed by atoms with van der Waals surface area (Å²) >= 11 is 0. The number of nitrogens with zero attached hydrogens (tertiary/aromatic N) is 7. The van der Waals surface area contributed by atoms with Crippen LogP contribution in [0.4, 0.5) is 0 Å². The fourth-order valence-electron chi connectivity index (χ4n) is 5.10. The molecule has 1 heterocycles. The summed E-state index contributed by atoms with van der Waals surface area (Å²) in [5, 5.41) is 45.5. The topological polar surface area (TPSA) is 213 Å². The maximum atomic E-state index is 13.5. The van der Waals surface area contributed by atoms with E-state index in [0.29, 0.717) is 24.8 Å². The van der Waals surface area contributed by atoms with Gasteiger partial charge in [0.25, 0.3) is 0 Å². The summed E-state index contributed by atoms with van der Waals surface area (Å²) in [7, 11) is 0. The number of esters is 1. The SMILES string of the molecule is CCCCC(=O)N(Cc1ccc(-c2ccccc2-c2nnnn2C(=O)CCCON(O)O)cc1)C(C(=O)OCCCCON(O)O)C(C)C. The highest BCUT2D eigenvalue weighted by Crippen LogP contribution is 2.31. The minimum absolute atomic E-state index is 0.00971. The maximum Gasteiger partial charge on any atom is 0.329 e. The molecular weight excluding hydrogens is 642 g/mol. The van der Waals surface area contributed by atoms with Crippen LogP contribution in [-0.2, 0) is 30.5 Å². The average Bonchev–Trinajstić information content (AvgIpc) is 3.57. The third-order valence-corrected chi connectivity index (χ3v) is 7.50. The van der Waals surface area contributed by atoms with Crippen molar-refractivity contribution >= 4 is 17.8 Å². The second-order valence-corrected chi connectivity index (χ2v) is 11.5. The largest absolute Gasteiger partial charge is 0.464 e. The van der Waals surface area contributed by atoms with E-state index >= 15 is 0 Å². The van der Waals surface area contributed by atoms with Gasteiger partial charge < -0.3 is 9.64 Å². The monoisotopic (exact) mass is 687 g/mol. The van der Waals surface area contributed by atoms with Crippen molar-refractivity contribution in [3.8, 4) is 22.5 Å². The van der Waals surface area contributed by atoms with Crippen LogP contribution in [0, 0.1) is 5.92 Å². The van der Waals surface area contributed by atoms with Gasteiger partial charge in [0.15, 0.2) is 5.82 Å². The highest BCUT2D eigenvalue weighted by Gasteiger charge is 2.33. The number of unbranched alkanes of at least 4 members (excludes halogenated alkanes) is 2. The van der Waals surface area contributed by atoms with E-state index in [1.807, 2.05) is 57.2 Å². The summed E-state index contributed by atoms with van der Waals surface area (Å²) in [6.07, 6.45) is 2.82. The molecular formula is C32H45N7O10. The second-order valence-electron chi connectivity index (χ2n) is 11.5. The van der Waals surface area contributed by atoms with Crippen LogP contribution in [0.2, 0.25) is 0 Å². The molecule has 1 atom stereocenters. The van der Waals surface area contributed by atoms with Crippen molar-refractivity contribution in [1.82, 2.24) is 35.9 Å². The average molecular weight is 688 g/mol. The van der Waals surface area contributed by atoms with Gasteiger partial charge in [-0.3, -0.25) is 40.1 Å². The first-order valence-electron chi connectivity index (χ1n) is 16.1. The van der Waals surface area contributed by atoms with E-state index in [2.05, 4.69) is 25.2 Å². The van der Waals surface area contributed by atoms with Gasteiger partial charge in [-0.05, 0) is 58.7 Å². The highest BCUT2D eigenvalue weighted by molar-refractivity contribution is 5.87. The van der Waals surface area contributed by atoms with Gasteiger partial charge in [0.1, 0.15) is 6.04 Å². The molecule has 268 valence electrons. The van der Waals surface area contributed by atoms with E-state index in [1.54, 1.807) is 17.0 Å². The van der Waals surface area contributed by atoms with Crippen LogP contribution in [0.25, 0.3) is 22.5 Å². The summed E-state index contributed by atoms with van der Waals surface area (Å²) in [6, 6.07) is 14.0. The maximum absolute atomic E-state index is 13.5. The Balaban J connectivity index is 1.79. The van der Waals surface area contributed by atoms with Crippen LogP contribution in [0.5, 0.6) is 0 Å². The molecule has 0 saturated heterocycles. The Kier molecular flexibility index (Phi) is 16.3. The third kappa shape index (κ3) is 12.3. The van der Waals surface area contributed by atoms with Crippen molar-refractivity contribution in [2.75, 3.05) is 19.8 Å². The molecule has 3 rings (SSSR count). The van der Waals surface area contributed by atoms with Crippen molar-refractivity contribution in [2.45, 2.75) is 78.3 Å². The van der Waals surface area contributed by atoms with Crippen molar-refractivity contribution in [3.05, 3.63) is 54.1 Å². The Hall–Kier alpha value is -4.20. The molecule has 3 aromatic rings. The number of carbonyl (C=O) groups is 3. The zero-order valence-electron chi connectivity index (χ0n) is 27.9. The lowest BCUT2D eigenvalue weighted by atomic mass is 9.97. The first-order chi connectivity index (χ1) is 23.5. The first kappa shape index (κ1) is 39.2. The number of amides is 1. The van der Waals surface area contributed by atoms with E-state index < -0.39 is 23.3 Å². The lowest BCUT2D eigenvalue weighted by Crippen LogP contribution is -2.48. The summed E-state index contributed by atoms with van der Waals surface area (Å²) in [5.74, 6) is -1.07. The minimum Gasteiger partial charge on any atom is -0.464 e. The number of rotatable bonds is 21. The predicted octanol–water partition coefficient (Wildman–Crippen LogP) is 4.32. The lowest BCUT2D eigenvalue weighted by molar-refractivity contribution is -0.492.